The number of ether oxygens (including phenoxy) is 1. The average molecular weight is 375 g/mol. The first kappa shape index (κ1) is 23.9. The van der Waals surface area contributed by atoms with Gasteiger partial charge in [0.1, 0.15) is 0 Å². The Morgan fingerprint density at radius 2 is 1.26 bits per heavy atom. The van der Waals surface area contributed by atoms with Gasteiger partial charge in [-0.05, 0) is 0 Å². The van der Waals surface area contributed by atoms with Crippen LogP contribution in [0.1, 0.15) is 6.42 Å². The predicted molar refractivity (Wildman–Crippen MR) is 47.4 cm³/mol. The predicted octanol–water partition coefficient (Wildman–Crippen LogP) is 2.58. The van der Waals surface area contributed by atoms with E-state index in [9.17, 15) is 58.2 Å². The van der Waals surface area contributed by atoms with E-state index in [0.29, 0.717) is 0 Å². The lowest BCUT2D eigenvalue weighted by Gasteiger charge is -2.40. The van der Waals surface area contributed by atoms with E-state index in [0.717, 1.165) is 0 Å². The maximum atomic E-state index is 12.8. The van der Waals surface area contributed by atoms with Crippen molar-refractivity contribution in [1.29, 1.82) is 0 Å². The summed E-state index contributed by atoms with van der Waals surface area (Å²) in [6.45, 7) is -2.35. The first-order chi connectivity index (χ1) is 9.46. The third-order valence-corrected chi connectivity index (χ3v) is 2.26. The second kappa shape index (κ2) is 6.62. The summed E-state index contributed by atoms with van der Waals surface area (Å²) in [5.74, 6) is -10.8. The number of carbonyl (C=O) groups is 1. The Balaban J connectivity index is 0. The molecular formula is C8H8F11NO3. The van der Waals surface area contributed by atoms with Gasteiger partial charge in [-0.25, -0.2) is 0 Å². The maximum absolute atomic E-state index is 12.8. The van der Waals surface area contributed by atoms with Crippen LogP contribution in [0.25, 0.3) is 0 Å². The van der Waals surface area contributed by atoms with Crippen molar-refractivity contribution in [2.24, 2.45) is 0 Å². The average Bonchev–Trinajstić information content (AvgIpc) is 2.24. The van der Waals surface area contributed by atoms with Gasteiger partial charge in [-0.15, -0.1) is 0 Å². The molecule has 0 aliphatic carbocycles. The number of quaternary nitrogens is 1. The first-order valence-corrected chi connectivity index (χ1v) is 4.83. The summed E-state index contributed by atoms with van der Waals surface area (Å²) in [6.07, 6.45) is -23.0. The van der Waals surface area contributed by atoms with Crippen LogP contribution in [0.15, 0.2) is 0 Å². The van der Waals surface area contributed by atoms with Crippen LogP contribution >= 0.6 is 0 Å². The molecule has 0 spiro atoms. The lowest BCUT2D eigenvalue weighted by Crippen LogP contribution is -2.66. The number of carboxylic acid groups (broad SMARTS) is 1. The molecule has 0 saturated carbocycles. The molecule has 0 aromatic carbocycles. The molecule has 1 atom stereocenters. The normalized spacial score (nSPS) is 16.5. The van der Waals surface area contributed by atoms with Crippen LogP contribution in [0.5, 0.6) is 0 Å². The van der Waals surface area contributed by atoms with E-state index in [1.165, 1.54) is 0 Å². The minimum atomic E-state index is -7.18. The van der Waals surface area contributed by atoms with Crippen molar-refractivity contribution in [2.45, 2.75) is 36.4 Å². The van der Waals surface area contributed by atoms with Crippen LogP contribution in [-0.2, 0) is 9.53 Å². The molecule has 0 rings (SSSR count). The summed E-state index contributed by atoms with van der Waals surface area (Å²) < 4.78 is 137. The molecule has 0 heterocycles. The third-order valence-electron chi connectivity index (χ3n) is 2.26. The highest BCUT2D eigenvalue weighted by Gasteiger charge is 2.77. The van der Waals surface area contributed by atoms with Crippen LogP contribution in [-0.4, -0.2) is 42.6 Å². The first-order valence-electron chi connectivity index (χ1n) is 4.83. The fraction of sp³-hybridized carbons (Fsp3) is 0.875. The molecule has 15 heteroatoms. The molecule has 0 amide bonds. The van der Waals surface area contributed by atoms with Gasteiger partial charge in [-0.3, -0.25) is 9.13 Å². The second-order valence-electron chi connectivity index (χ2n) is 3.74. The monoisotopic (exact) mass is 375 g/mol. The van der Waals surface area contributed by atoms with Crippen molar-refractivity contribution in [3.8, 4) is 0 Å². The third kappa shape index (κ3) is 4.13. The molecule has 0 radical (unpaired) electrons. The van der Waals surface area contributed by atoms with Crippen molar-refractivity contribution in [3.05, 3.63) is 0 Å². The minimum absolute atomic E-state index is 0. The van der Waals surface area contributed by atoms with Crippen LogP contribution < -0.4 is 11.3 Å². The Kier molecular flexibility index (Phi) is 6.88. The van der Waals surface area contributed by atoms with E-state index in [1.54, 1.807) is 0 Å². The Bertz CT molecular complexity index is 418. The quantitative estimate of drug-likeness (QED) is 0.724. The number of alkyl halides is 11. The van der Waals surface area contributed by atoms with Gasteiger partial charge in [0.25, 0.3) is 0 Å². The Labute approximate surface area is 119 Å². The molecule has 0 fully saturated rings. The van der Waals surface area contributed by atoms with Crippen molar-refractivity contribution >= 4 is 5.97 Å². The SMILES string of the molecule is O=C([O-])C(CCF)(OC(F)(F)C(F)(F)C(F)(F)F)C(F)(F)F.[NH4+]. The zero-order valence-corrected chi connectivity index (χ0v) is 10.8. The minimum Gasteiger partial charge on any atom is -0.547 e. The molecule has 0 aliphatic heterocycles. The van der Waals surface area contributed by atoms with Gasteiger partial charge in [-0.2, -0.15) is 43.9 Å². The van der Waals surface area contributed by atoms with E-state index in [4.69, 9.17) is 0 Å². The molecule has 0 saturated heterocycles. The molecule has 0 aliphatic rings. The van der Waals surface area contributed by atoms with Crippen LogP contribution in [0.2, 0.25) is 0 Å². The number of aliphatic carboxylic acids is 1. The summed E-state index contributed by atoms with van der Waals surface area (Å²) in [6, 6.07) is 0. The zero-order chi connectivity index (χ0) is 18.2. The number of carboxylic acids is 1. The molecule has 4 nitrogen and oxygen atoms in total. The van der Waals surface area contributed by atoms with Gasteiger partial charge < -0.3 is 16.1 Å². The van der Waals surface area contributed by atoms with E-state index in [1.807, 2.05) is 0 Å². The summed E-state index contributed by atoms with van der Waals surface area (Å²) in [5, 5.41) is 10.3. The van der Waals surface area contributed by atoms with Crippen LogP contribution in [0.3, 0.4) is 0 Å². The molecule has 1 unspecified atom stereocenters. The van der Waals surface area contributed by atoms with Gasteiger partial charge in [-0.1, -0.05) is 0 Å². The molecular weight excluding hydrogens is 367 g/mol. The fourth-order valence-corrected chi connectivity index (χ4v) is 1.09. The summed E-state index contributed by atoms with van der Waals surface area (Å²) in [4.78, 5) is 10.3. The second-order valence-corrected chi connectivity index (χ2v) is 3.74. The molecule has 0 aromatic heterocycles. The smallest absolute Gasteiger partial charge is 0.462 e. The van der Waals surface area contributed by atoms with E-state index >= 15 is 0 Å². The summed E-state index contributed by atoms with van der Waals surface area (Å²) in [5.41, 5.74) is -5.40. The number of hydrogen-bond donors (Lipinski definition) is 1. The highest BCUT2D eigenvalue weighted by Crippen LogP contribution is 2.51. The van der Waals surface area contributed by atoms with E-state index in [-0.39, 0.29) is 6.15 Å². The Morgan fingerprint density at radius 1 is 0.870 bits per heavy atom. The number of carbonyl (C=O) groups excluding carboxylic acids is 1. The van der Waals surface area contributed by atoms with Crippen molar-refractivity contribution < 1.29 is 62.9 Å². The van der Waals surface area contributed by atoms with Gasteiger partial charge in [0.05, 0.1) is 12.6 Å². The molecule has 4 N–H and O–H groups in total. The molecule has 0 bridgehead atoms. The Hall–Kier alpha value is -1.38. The number of halogens is 11. The highest BCUT2D eigenvalue weighted by molar-refractivity contribution is 5.76. The molecule has 140 valence electrons. The van der Waals surface area contributed by atoms with Gasteiger partial charge in [0, 0.05) is 6.42 Å². The fourth-order valence-electron chi connectivity index (χ4n) is 1.09. The van der Waals surface area contributed by atoms with Crippen molar-refractivity contribution in [1.82, 2.24) is 6.15 Å². The number of hydrogen-bond acceptors (Lipinski definition) is 3. The lowest BCUT2D eigenvalue weighted by molar-refractivity contribution is -0.468. The number of rotatable bonds is 6. The highest BCUT2D eigenvalue weighted by atomic mass is 19.4. The summed E-state index contributed by atoms with van der Waals surface area (Å²) >= 11 is 0. The lowest BCUT2D eigenvalue weighted by atomic mass is 9.99. The van der Waals surface area contributed by atoms with Crippen molar-refractivity contribution in [3.63, 3.8) is 0 Å². The van der Waals surface area contributed by atoms with E-state index in [2.05, 4.69) is 4.74 Å². The van der Waals surface area contributed by atoms with Crippen LogP contribution in [0.4, 0.5) is 48.3 Å². The van der Waals surface area contributed by atoms with Gasteiger partial charge in [0.15, 0.2) is 0 Å². The Morgan fingerprint density at radius 3 is 1.48 bits per heavy atom. The maximum Gasteiger partial charge on any atom is 0.462 e. The van der Waals surface area contributed by atoms with Gasteiger partial charge >= 0.3 is 24.4 Å². The molecule has 23 heavy (non-hydrogen) atoms. The topological polar surface area (TPSA) is 85.9 Å². The van der Waals surface area contributed by atoms with E-state index < -0.39 is 49.0 Å². The van der Waals surface area contributed by atoms with Gasteiger partial charge in [0.2, 0.25) is 5.60 Å². The summed E-state index contributed by atoms with van der Waals surface area (Å²) in [7, 11) is 0. The largest absolute Gasteiger partial charge is 0.547 e. The zero-order valence-electron chi connectivity index (χ0n) is 10.8. The molecule has 0 aromatic rings. The standard InChI is InChI=1S/C8H5F11O3.H3N/c9-2-1-4(3(20)21,6(12,13)14)22-8(18,19)5(10,11)7(15,16)17;/h1-2H2,(H,20,21);1H3. The van der Waals surface area contributed by atoms with Crippen molar-refractivity contribution in [2.75, 3.05) is 6.67 Å². The van der Waals surface area contributed by atoms with Crippen LogP contribution in [0, 0.1) is 0 Å².